The summed E-state index contributed by atoms with van der Waals surface area (Å²) in [5.41, 5.74) is 0.791. The van der Waals surface area contributed by atoms with Crippen LogP contribution in [-0.2, 0) is 9.53 Å². The summed E-state index contributed by atoms with van der Waals surface area (Å²) < 4.78 is 5.07. The average molecular weight is 362 g/mol. The number of aromatic nitrogens is 1. The van der Waals surface area contributed by atoms with E-state index in [2.05, 4.69) is 10.3 Å². The van der Waals surface area contributed by atoms with Crippen LogP contribution < -0.4 is 5.32 Å². The molecule has 0 saturated carbocycles. The molecule has 0 aliphatic rings. The third kappa shape index (κ3) is 6.60. The maximum atomic E-state index is 11.6. The van der Waals surface area contributed by atoms with E-state index >= 15 is 0 Å². The molecule has 0 fully saturated rings. The summed E-state index contributed by atoms with van der Waals surface area (Å²) >= 11 is 5.78. The molecule has 0 bridgehead atoms. The number of carbonyl (C=O) groups is 1. The Bertz CT molecular complexity index is 745. The predicted octanol–water partition coefficient (Wildman–Crippen LogP) is 3.70. The molecule has 0 atom stereocenters. The number of pyridine rings is 1. The summed E-state index contributed by atoms with van der Waals surface area (Å²) in [6.45, 7) is 0.781. The van der Waals surface area contributed by atoms with Crippen molar-refractivity contribution in [2.75, 3.05) is 18.5 Å². The maximum absolute atomic E-state index is 11.6. The maximum Gasteiger partial charge on any atom is 0.330 e. The fourth-order valence-electron chi connectivity index (χ4n) is 1.85. The van der Waals surface area contributed by atoms with Crippen molar-refractivity contribution in [1.82, 2.24) is 4.98 Å². The molecule has 1 aromatic carbocycles. The van der Waals surface area contributed by atoms with Crippen LogP contribution in [0.4, 0.5) is 11.5 Å². The Morgan fingerprint density at radius 3 is 2.68 bits per heavy atom. The Morgan fingerprint density at radius 1 is 1.28 bits per heavy atom. The number of halogens is 1. The first-order valence-electron chi connectivity index (χ1n) is 7.49. The minimum atomic E-state index is -0.506. The first-order chi connectivity index (χ1) is 12.0. The molecular formula is C17H16ClN3O4. The zero-order valence-electron chi connectivity index (χ0n) is 13.2. The number of rotatable bonds is 8. The van der Waals surface area contributed by atoms with E-state index in [1.807, 2.05) is 0 Å². The van der Waals surface area contributed by atoms with E-state index in [1.54, 1.807) is 30.3 Å². The van der Waals surface area contributed by atoms with E-state index in [1.165, 1.54) is 24.4 Å². The van der Waals surface area contributed by atoms with Gasteiger partial charge in [0.15, 0.2) is 0 Å². The Kier molecular flexibility index (Phi) is 6.91. The SMILES string of the molecule is O=C(/C=C/c1ccc(Cl)cc1)OCCCNc1ccc([N+](=O)[O-])cn1. The number of nitrogens with zero attached hydrogens (tertiary/aromatic N) is 2. The van der Waals surface area contributed by atoms with Crippen molar-refractivity contribution >= 4 is 35.2 Å². The number of benzene rings is 1. The number of carbonyl (C=O) groups excluding carboxylic acids is 1. The van der Waals surface area contributed by atoms with Gasteiger partial charge >= 0.3 is 5.97 Å². The lowest BCUT2D eigenvalue weighted by molar-refractivity contribution is -0.385. The van der Waals surface area contributed by atoms with Crippen LogP contribution in [0.1, 0.15) is 12.0 Å². The van der Waals surface area contributed by atoms with Gasteiger partial charge in [-0.3, -0.25) is 10.1 Å². The smallest absolute Gasteiger partial charge is 0.330 e. The van der Waals surface area contributed by atoms with Gasteiger partial charge in [0.25, 0.3) is 5.69 Å². The van der Waals surface area contributed by atoms with Gasteiger partial charge < -0.3 is 10.1 Å². The third-order valence-corrected chi connectivity index (χ3v) is 3.36. The molecule has 1 N–H and O–H groups in total. The summed E-state index contributed by atoms with van der Waals surface area (Å²) in [6, 6.07) is 9.98. The molecule has 130 valence electrons. The Hall–Kier alpha value is -2.93. The Morgan fingerprint density at radius 2 is 2.04 bits per heavy atom. The first-order valence-corrected chi connectivity index (χ1v) is 7.87. The van der Waals surface area contributed by atoms with Crippen molar-refractivity contribution in [1.29, 1.82) is 0 Å². The summed E-state index contributed by atoms with van der Waals surface area (Å²) in [4.78, 5) is 25.5. The summed E-state index contributed by atoms with van der Waals surface area (Å²) in [6.07, 6.45) is 4.77. The molecule has 0 radical (unpaired) electrons. The largest absolute Gasteiger partial charge is 0.462 e. The molecule has 8 heteroatoms. The fourth-order valence-corrected chi connectivity index (χ4v) is 1.97. The van der Waals surface area contributed by atoms with Crippen molar-refractivity contribution in [2.45, 2.75) is 6.42 Å². The molecule has 0 spiro atoms. The highest BCUT2D eigenvalue weighted by atomic mass is 35.5. The highest BCUT2D eigenvalue weighted by Crippen LogP contribution is 2.12. The summed E-state index contributed by atoms with van der Waals surface area (Å²) in [5.74, 6) is 0.1000. The molecule has 2 rings (SSSR count). The molecule has 0 aliphatic carbocycles. The van der Waals surface area contributed by atoms with E-state index in [9.17, 15) is 14.9 Å². The molecule has 0 unspecified atom stereocenters. The van der Waals surface area contributed by atoms with Crippen LogP contribution in [0.15, 0.2) is 48.7 Å². The molecule has 7 nitrogen and oxygen atoms in total. The fraction of sp³-hybridized carbons (Fsp3) is 0.176. The van der Waals surface area contributed by atoms with E-state index in [4.69, 9.17) is 16.3 Å². The summed E-state index contributed by atoms with van der Waals surface area (Å²) in [7, 11) is 0. The predicted molar refractivity (Wildman–Crippen MR) is 95.4 cm³/mol. The van der Waals surface area contributed by atoms with Crippen LogP contribution in [0.2, 0.25) is 5.02 Å². The lowest BCUT2D eigenvalue weighted by Gasteiger charge is -2.05. The second-order valence-corrected chi connectivity index (χ2v) is 5.43. The van der Waals surface area contributed by atoms with Crippen LogP contribution in [-0.4, -0.2) is 29.0 Å². The number of ether oxygens (including phenoxy) is 1. The molecule has 2 aromatic rings. The summed E-state index contributed by atoms with van der Waals surface area (Å²) in [5, 5.41) is 14.1. The standard InChI is InChI=1S/C17H16ClN3O4/c18-14-5-2-13(3-6-14)4-9-17(22)25-11-1-10-19-16-8-7-15(12-20-16)21(23)24/h2-9,12H,1,10-11H2,(H,19,20)/b9-4+. The van der Waals surface area contributed by atoms with Crippen molar-refractivity contribution in [3.05, 3.63) is 69.4 Å². The molecule has 0 saturated heterocycles. The minimum Gasteiger partial charge on any atom is -0.462 e. The van der Waals surface area contributed by atoms with Crippen LogP contribution in [0.3, 0.4) is 0 Å². The number of hydrogen-bond acceptors (Lipinski definition) is 6. The lowest BCUT2D eigenvalue weighted by Crippen LogP contribution is -2.09. The lowest BCUT2D eigenvalue weighted by atomic mass is 10.2. The van der Waals surface area contributed by atoms with Gasteiger partial charge in [0, 0.05) is 23.7 Å². The van der Waals surface area contributed by atoms with Gasteiger partial charge in [0.1, 0.15) is 12.0 Å². The second-order valence-electron chi connectivity index (χ2n) is 4.99. The van der Waals surface area contributed by atoms with E-state index in [-0.39, 0.29) is 12.3 Å². The third-order valence-electron chi connectivity index (χ3n) is 3.11. The monoisotopic (exact) mass is 361 g/mol. The highest BCUT2D eigenvalue weighted by Gasteiger charge is 2.04. The number of anilines is 1. The van der Waals surface area contributed by atoms with Gasteiger partial charge in [-0.1, -0.05) is 23.7 Å². The highest BCUT2D eigenvalue weighted by molar-refractivity contribution is 6.30. The molecule has 1 aromatic heterocycles. The van der Waals surface area contributed by atoms with Crippen molar-refractivity contribution in [2.24, 2.45) is 0 Å². The molecule has 1 heterocycles. The van der Waals surface area contributed by atoms with Gasteiger partial charge in [-0.25, -0.2) is 9.78 Å². The quantitative estimate of drug-likeness (QED) is 0.253. The zero-order chi connectivity index (χ0) is 18.1. The molecule has 0 amide bonds. The molecule has 0 aliphatic heterocycles. The van der Waals surface area contributed by atoms with Gasteiger partial charge in [0.05, 0.1) is 11.5 Å². The van der Waals surface area contributed by atoms with Gasteiger partial charge in [-0.2, -0.15) is 0 Å². The number of nitro groups is 1. The van der Waals surface area contributed by atoms with E-state index in [0.29, 0.717) is 23.8 Å². The number of nitrogens with one attached hydrogen (secondary N) is 1. The number of hydrogen-bond donors (Lipinski definition) is 1. The molecule has 25 heavy (non-hydrogen) atoms. The van der Waals surface area contributed by atoms with Crippen LogP contribution >= 0.6 is 11.6 Å². The number of esters is 1. The average Bonchev–Trinajstić information content (AvgIpc) is 2.61. The van der Waals surface area contributed by atoms with Crippen molar-refractivity contribution in [3.63, 3.8) is 0 Å². The zero-order valence-corrected chi connectivity index (χ0v) is 14.0. The molecular weight excluding hydrogens is 346 g/mol. The van der Waals surface area contributed by atoms with Crippen LogP contribution in [0, 0.1) is 10.1 Å². The van der Waals surface area contributed by atoms with Gasteiger partial charge in [-0.05, 0) is 36.3 Å². The first kappa shape index (κ1) is 18.4. The van der Waals surface area contributed by atoms with Gasteiger partial charge in [0.2, 0.25) is 0 Å². The normalized spacial score (nSPS) is 10.6. The van der Waals surface area contributed by atoms with Gasteiger partial charge in [-0.15, -0.1) is 0 Å². The minimum absolute atomic E-state index is 0.0630. The second kappa shape index (κ2) is 9.39. The van der Waals surface area contributed by atoms with E-state index < -0.39 is 10.9 Å². The van der Waals surface area contributed by atoms with Crippen molar-refractivity contribution in [3.8, 4) is 0 Å². The van der Waals surface area contributed by atoms with Crippen LogP contribution in [0.25, 0.3) is 6.08 Å². The van der Waals surface area contributed by atoms with Crippen molar-refractivity contribution < 1.29 is 14.5 Å². The Labute approximate surface area is 149 Å². The van der Waals surface area contributed by atoms with Crippen LogP contribution in [0.5, 0.6) is 0 Å². The topological polar surface area (TPSA) is 94.4 Å². The Balaban J connectivity index is 1.64. The van der Waals surface area contributed by atoms with E-state index in [0.717, 1.165) is 5.56 Å².